The lowest BCUT2D eigenvalue weighted by Gasteiger charge is -2.07. The highest BCUT2D eigenvalue weighted by atomic mass is 35.5. The molecule has 86 valence electrons. The van der Waals surface area contributed by atoms with Gasteiger partial charge in [-0.2, -0.15) is 0 Å². The van der Waals surface area contributed by atoms with Crippen LogP contribution in [-0.4, -0.2) is 9.97 Å². The molecule has 16 heavy (non-hydrogen) atoms. The Labute approximate surface area is 105 Å². The summed E-state index contributed by atoms with van der Waals surface area (Å²) in [4.78, 5) is 11.3. The van der Waals surface area contributed by atoms with Crippen LogP contribution < -0.4 is 0 Å². The summed E-state index contributed by atoms with van der Waals surface area (Å²) in [6, 6.07) is 0. The zero-order chi connectivity index (χ0) is 11.9. The molecule has 2 heterocycles. The summed E-state index contributed by atoms with van der Waals surface area (Å²) in [6.45, 7) is 8.44. The summed E-state index contributed by atoms with van der Waals surface area (Å²) in [5, 5.41) is 1.62. The number of aryl methyl sites for hydroxylation is 2. The first kappa shape index (κ1) is 11.8. The molecule has 2 aromatic rings. The van der Waals surface area contributed by atoms with Gasteiger partial charge in [-0.15, -0.1) is 11.3 Å². The van der Waals surface area contributed by atoms with Crippen molar-refractivity contribution in [2.24, 2.45) is 0 Å². The van der Waals surface area contributed by atoms with E-state index in [1.807, 2.05) is 0 Å². The van der Waals surface area contributed by atoms with E-state index in [0.717, 1.165) is 22.5 Å². The van der Waals surface area contributed by atoms with Crippen LogP contribution in [0.15, 0.2) is 0 Å². The lowest BCUT2D eigenvalue weighted by atomic mass is 10.1. The molecule has 0 amide bonds. The van der Waals surface area contributed by atoms with Crippen molar-refractivity contribution in [1.82, 2.24) is 9.97 Å². The van der Waals surface area contributed by atoms with E-state index < -0.39 is 0 Å². The normalized spacial score (nSPS) is 13.3. The van der Waals surface area contributed by atoms with Crippen LogP contribution in [0, 0.1) is 13.8 Å². The van der Waals surface area contributed by atoms with Gasteiger partial charge in [-0.3, -0.25) is 0 Å². The minimum absolute atomic E-state index is 0.365. The Balaban J connectivity index is 2.68. The molecule has 0 aliphatic heterocycles. The average molecular weight is 255 g/mol. The molecule has 2 nitrogen and oxygen atoms in total. The predicted molar refractivity (Wildman–Crippen MR) is 70.6 cm³/mol. The summed E-state index contributed by atoms with van der Waals surface area (Å²) in [7, 11) is 0. The van der Waals surface area contributed by atoms with Gasteiger partial charge in [0, 0.05) is 10.8 Å². The number of hydrogen-bond acceptors (Lipinski definition) is 3. The largest absolute Gasteiger partial charge is 0.222 e. The van der Waals surface area contributed by atoms with Crippen molar-refractivity contribution < 1.29 is 0 Å². The third-order valence-corrected chi connectivity index (χ3v) is 4.43. The maximum absolute atomic E-state index is 6.24. The Morgan fingerprint density at radius 2 is 2.00 bits per heavy atom. The fourth-order valence-corrected chi connectivity index (χ4v) is 3.03. The number of thiophene rings is 1. The summed E-state index contributed by atoms with van der Waals surface area (Å²) < 4.78 is 0. The van der Waals surface area contributed by atoms with E-state index >= 15 is 0 Å². The number of fused-ring (bicyclic) bond motifs is 1. The van der Waals surface area contributed by atoms with E-state index in [2.05, 4.69) is 37.7 Å². The average Bonchev–Trinajstić information content (AvgIpc) is 2.54. The van der Waals surface area contributed by atoms with Crippen LogP contribution in [-0.2, 0) is 0 Å². The molecule has 0 saturated carbocycles. The molecule has 1 atom stereocenters. The molecule has 0 N–H and O–H groups in total. The van der Waals surface area contributed by atoms with Gasteiger partial charge in [-0.1, -0.05) is 25.4 Å². The standard InChI is InChI=1S/C12H15ClN2S/c1-5-6(2)11-14-10(13)9-7(3)8(4)16-12(9)15-11/h6H,5H2,1-4H3. The first-order valence-electron chi connectivity index (χ1n) is 5.47. The third-order valence-electron chi connectivity index (χ3n) is 3.05. The Morgan fingerprint density at radius 3 is 2.62 bits per heavy atom. The van der Waals surface area contributed by atoms with Crippen LogP contribution in [0.1, 0.15) is 42.5 Å². The number of halogens is 1. The fourth-order valence-electron chi connectivity index (χ4n) is 1.62. The smallest absolute Gasteiger partial charge is 0.141 e. The van der Waals surface area contributed by atoms with Gasteiger partial charge in [0.2, 0.25) is 0 Å². The molecular formula is C12H15ClN2S. The van der Waals surface area contributed by atoms with E-state index in [1.165, 1.54) is 10.4 Å². The van der Waals surface area contributed by atoms with E-state index in [1.54, 1.807) is 11.3 Å². The topological polar surface area (TPSA) is 25.8 Å². The number of aromatic nitrogens is 2. The van der Waals surface area contributed by atoms with Crippen molar-refractivity contribution in [3.63, 3.8) is 0 Å². The summed E-state index contributed by atoms with van der Waals surface area (Å²) in [5.41, 5.74) is 1.21. The SMILES string of the molecule is CCC(C)c1nc(Cl)c2c(C)c(C)sc2n1. The van der Waals surface area contributed by atoms with Gasteiger partial charge in [-0.05, 0) is 25.8 Å². The Bertz CT molecular complexity index is 533. The van der Waals surface area contributed by atoms with Crippen LogP contribution in [0.5, 0.6) is 0 Å². The number of hydrogen-bond donors (Lipinski definition) is 0. The van der Waals surface area contributed by atoms with Gasteiger partial charge in [0.05, 0.1) is 5.39 Å². The predicted octanol–water partition coefficient (Wildman–Crippen LogP) is 4.48. The maximum Gasteiger partial charge on any atom is 0.141 e. The van der Waals surface area contributed by atoms with Crippen LogP contribution in [0.3, 0.4) is 0 Å². The summed E-state index contributed by atoms with van der Waals surface area (Å²) >= 11 is 7.94. The second-order valence-corrected chi connectivity index (χ2v) is 5.71. The highest BCUT2D eigenvalue weighted by molar-refractivity contribution is 7.18. The molecule has 0 aliphatic carbocycles. The molecular weight excluding hydrogens is 240 g/mol. The van der Waals surface area contributed by atoms with Crippen molar-refractivity contribution in [1.29, 1.82) is 0 Å². The van der Waals surface area contributed by atoms with Crippen LogP contribution in [0.4, 0.5) is 0 Å². The zero-order valence-electron chi connectivity index (χ0n) is 9.97. The third kappa shape index (κ3) is 1.82. The number of nitrogens with zero attached hydrogens (tertiary/aromatic N) is 2. The molecule has 2 aromatic heterocycles. The Kier molecular flexibility index (Phi) is 3.17. The molecule has 0 fully saturated rings. The molecule has 4 heteroatoms. The van der Waals surface area contributed by atoms with Gasteiger partial charge in [0.15, 0.2) is 0 Å². The first-order valence-corrected chi connectivity index (χ1v) is 6.67. The Hall–Kier alpha value is -0.670. The van der Waals surface area contributed by atoms with Crippen molar-refractivity contribution in [3.05, 3.63) is 21.4 Å². The molecule has 0 saturated heterocycles. The van der Waals surface area contributed by atoms with Crippen LogP contribution >= 0.6 is 22.9 Å². The molecule has 1 unspecified atom stereocenters. The molecule has 0 bridgehead atoms. The lowest BCUT2D eigenvalue weighted by molar-refractivity contribution is 0.684. The van der Waals surface area contributed by atoms with E-state index in [4.69, 9.17) is 11.6 Å². The summed E-state index contributed by atoms with van der Waals surface area (Å²) in [5.74, 6) is 1.23. The minimum Gasteiger partial charge on any atom is -0.222 e. The van der Waals surface area contributed by atoms with Gasteiger partial charge in [0.1, 0.15) is 15.8 Å². The molecule has 0 aliphatic rings. The molecule has 0 radical (unpaired) electrons. The van der Waals surface area contributed by atoms with Gasteiger partial charge >= 0.3 is 0 Å². The molecule has 0 aromatic carbocycles. The van der Waals surface area contributed by atoms with E-state index in [9.17, 15) is 0 Å². The minimum atomic E-state index is 0.365. The van der Waals surface area contributed by atoms with Crippen LogP contribution in [0.2, 0.25) is 5.15 Å². The summed E-state index contributed by atoms with van der Waals surface area (Å²) in [6.07, 6.45) is 1.03. The van der Waals surface area contributed by atoms with Gasteiger partial charge in [0.25, 0.3) is 0 Å². The second-order valence-electron chi connectivity index (χ2n) is 4.15. The van der Waals surface area contributed by atoms with Gasteiger partial charge in [-0.25, -0.2) is 9.97 Å². The van der Waals surface area contributed by atoms with E-state index in [0.29, 0.717) is 11.1 Å². The fraction of sp³-hybridized carbons (Fsp3) is 0.500. The van der Waals surface area contributed by atoms with Gasteiger partial charge < -0.3 is 0 Å². The van der Waals surface area contributed by atoms with E-state index in [-0.39, 0.29) is 0 Å². The quantitative estimate of drug-likeness (QED) is 0.739. The van der Waals surface area contributed by atoms with Crippen molar-refractivity contribution in [3.8, 4) is 0 Å². The Morgan fingerprint density at radius 1 is 1.31 bits per heavy atom. The van der Waals surface area contributed by atoms with Crippen molar-refractivity contribution >= 4 is 33.2 Å². The molecule has 0 spiro atoms. The van der Waals surface area contributed by atoms with Crippen molar-refractivity contribution in [2.75, 3.05) is 0 Å². The highest BCUT2D eigenvalue weighted by Gasteiger charge is 2.15. The zero-order valence-corrected chi connectivity index (χ0v) is 11.5. The number of rotatable bonds is 2. The van der Waals surface area contributed by atoms with Crippen molar-refractivity contribution in [2.45, 2.75) is 40.0 Å². The monoisotopic (exact) mass is 254 g/mol. The molecule has 2 rings (SSSR count). The lowest BCUT2D eigenvalue weighted by Crippen LogP contribution is -1.99. The second kappa shape index (κ2) is 4.30. The highest BCUT2D eigenvalue weighted by Crippen LogP contribution is 2.34. The maximum atomic E-state index is 6.24. The van der Waals surface area contributed by atoms with Crippen LogP contribution in [0.25, 0.3) is 10.2 Å². The first-order chi connectivity index (χ1) is 7.54.